The van der Waals surface area contributed by atoms with Crippen LogP contribution in [0.5, 0.6) is 0 Å². The number of nitrogens with zero attached hydrogens (tertiary/aromatic N) is 2. The van der Waals surface area contributed by atoms with Crippen LogP contribution in [0.3, 0.4) is 0 Å². The Balaban J connectivity index is 1.86. The molecule has 1 aliphatic heterocycles. The average molecular weight is 355 g/mol. The lowest BCUT2D eigenvalue weighted by Gasteiger charge is -2.08. The van der Waals surface area contributed by atoms with Crippen molar-refractivity contribution < 1.29 is 0 Å². The van der Waals surface area contributed by atoms with Gasteiger partial charge in [0.25, 0.3) is 0 Å². The van der Waals surface area contributed by atoms with Gasteiger partial charge in [0.15, 0.2) is 0 Å². The zero-order valence-electron chi connectivity index (χ0n) is 11.8. The Labute approximate surface area is 143 Å². The topological polar surface area (TPSA) is 25.8 Å². The minimum atomic E-state index is 1.08. The highest BCUT2D eigenvalue weighted by atomic mass is 32.2. The van der Waals surface area contributed by atoms with Gasteiger partial charge in [-0.1, -0.05) is 24.3 Å². The molecule has 2 aromatic rings. The predicted octanol–water partition coefficient (Wildman–Crippen LogP) is 4.68. The second kappa shape index (κ2) is 8.56. The van der Waals surface area contributed by atoms with E-state index in [2.05, 4.69) is 58.0 Å². The standard InChI is InChI=1S/C15H18N2S4/c1-2-5-13-12(4-1)14-16-17-15(13)21-11-9-19-7-3-6-18-8-10-20-14/h1-2,4-5H,3,6-11H2. The summed E-state index contributed by atoms with van der Waals surface area (Å²) in [6.07, 6.45) is 1.33. The maximum Gasteiger partial charge on any atom is 0.127 e. The summed E-state index contributed by atoms with van der Waals surface area (Å²) >= 11 is 7.81. The summed E-state index contributed by atoms with van der Waals surface area (Å²) in [6.45, 7) is 0. The van der Waals surface area contributed by atoms with Crippen LogP contribution < -0.4 is 0 Å². The molecule has 0 saturated heterocycles. The molecule has 21 heavy (non-hydrogen) atoms. The zero-order chi connectivity index (χ0) is 14.3. The lowest BCUT2D eigenvalue weighted by atomic mass is 10.2. The fourth-order valence-electron chi connectivity index (χ4n) is 2.13. The van der Waals surface area contributed by atoms with Crippen molar-refractivity contribution in [1.82, 2.24) is 10.2 Å². The second-order valence-corrected chi connectivity index (χ2v) is 9.25. The highest BCUT2D eigenvalue weighted by Crippen LogP contribution is 2.32. The first-order chi connectivity index (χ1) is 10.4. The molecule has 6 heteroatoms. The van der Waals surface area contributed by atoms with Gasteiger partial charge in [0.2, 0.25) is 0 Å². The highest BCUT2D eigenvalue weighted by Gasteiger charge is 2.10. The normalized spacial score (nSPS) is 18.3. The summed E-state index contributed by atoms with van der Waals surface area (Å²) in [6, 6.07) is 8.55. The summed E-state index contributed by atoms with van der Waals surface area (Å²) in [5.41, 5.74) is 0. The van der Waals surface area contributed by atoms with Crippen LogP contribution >= 0.6 is 47.0 Å². The number of aromatic nitrogens is 2. The first kappa shape index (κ1) is 15.8. The van der Waals surface area contributed by atoms with E-state index < -0.39 is 0 Å². The monoisotopic (exact) mass is 354 g/mol. The van der Waals surface area contributed by atoms with Crippen molar-refractivity contribution in [2.24, 2.45) is 0 Å². The third-order valence-electron chi connectivity index (χ3n) is 3.13. The van der Waals surface area contributed by atoms with Crippen molar-refractivity contribution in [3.63, 3.8) is 0 Å². The number of fused-ring (bicyclic) bond motifs is 6. The van der Waals surface area contributed by atoms with Gasteiger partial charge in [-0.15, -0.1) is 33.7 Å². The maximum atomic E-state index is 4.47. The fraction of sp³-hybridized carbons (Fsp3) is 0.467. The van der Waals surface area contributed by atoms with Gasteiger partial charge in [-0.2, -0.15) is 23.5 Å². The molecule has 1 aromatic heterocycles. The number of hydrogen-bond acceptors (Lipinski definition) is 6. The van der Waals surface area contributed by atoms with Gasteiger partial charge in [0, 0.05) is 33.8 Å². The Hall–Kier alpha value is -0.0400. The van der Waals surface area contributed by atoms with Crippen LogP contribution in [0.4, 0.5) is 0 Å². The van der Waals surface area contributed by atoms with E-state index in [1.807, 2.05) is 23.5 Å². The molecule has 0 N–H and O–H groups in total. The number of thioether (sulfide) groups is 4. The molecule has 0 radical (unpaired) electrons. The predicted molar refractivity (Wildman–Crippen MR) is 100 cm³/mol. The van der Waals surface area contributed by atoms with Crippen LogP contribution in [0.2, 0.25) is 0 Å². The number of rotatable bonds is 0. The number of benzene rings is 1. The Kier molecular flexibility index (Phi) is 6.45. The first-order valence-corrected chi connectivity index (χ1v) is 11.4. The van der Waals surface area contributed by atoms with Gasteiger partial charge in [0.05, 0.1) is 0 Å². The summed E-state index contributed by atoms with van der Waals surface area (Å²) < 4.78 is 0. The molecule has 112 valence electrons. The molecule has 0 unspecified atom stereocenters. The molecular formula is C15H18N2S4. The van der Waals surface area contributed by atoms with Gasteiger partial charge in [0.1, 0.15) is 10.1 Å². The Morgan fingerprint density at radius 2 is 1.19 bits per heavy atom. The van der Waals surface area contributed by atoms with Crippen LogP contribution in [0.15, 0.2) is 34.3 Å². The molecule has 0 fully saturated rings. The molecule has 0 saturated carbocycles. The second-order valence-electron chi connectivity index (χ2n) is 4.63. The lowest BCUT2D eigenvalue weighted by molar-refractivity contribution is 0.886. The molecule has 0 aliphatic carbocycles. The molecule has 3 rings (SSSR count). The van der Waals surface area contributed by atoms with Crippen LogP contribution in [0.1, 0.15) is 6.42 Å². The fourth-order valence-corrected chi connectivity index (χ4v) is 6.28. The molecule has 1 aromatic carbocycles. The van der Waals surface area contributed by atoms with Crippen molar-refractivity contribution in [3.05, 3.63) is 24.3 Å². The van der Waals surface area contributed by atoms with E-state index in [1.165, 1.54) is 40.2 Å². The van der Waals surface area contributed by atoms with Crippen molar-refractivity contribution >= 4 is 57.8 Å². The molecule has 2 nitrogen and oxygen atoms in total. The first-order valence-electron chi connectivity index (χ1n) is 7.11. The molecule has 2 bridgehead atoms. The van der Waals surface area contributed by atoms with Gasteiger partial charge in [-0.05, 0) is 17.9 Å². The van der Waals surface area contributed by atoms with Crippen molar-refractivity contribution in [2.75, 3.05) is 34.5 Å². The Morgan fingerprint density at radius 3 is 1.71 bits per heavy atom. The molecular weight excluding hydrogens is 336 g/mol. The summed E-state index contributed by atoms with van der Waals surface area (Å²) in [7, 11) is 0. The molecule has 0 atom stereocenters. The minimum absolute atomic E-state index is 1.08. The van der Waals surface area contributed by atoms with Crippen LogP contribution in [0.25, 0.3) is 10.8 Å². The Morgan fingerprint density at radius 1 is 0.667 bits per heavy atom. The molecule has 2 heterocycles. The smallest absolute Gasteiger partial charge is 0.127 e. The van der Waals surface area contributed by atoms with Gasteiger partial charge in [-0.3, -0.25) is 0 Å². The third kappa shape index (κ3) is 4.47. The number of hydrogen-bond donors (Lipinski definition) is 0. The van der Waals surface area contributed by atoms with E-state index in [1.54, 1.807) is 0 Å². The zero-order valence-corrected chi connectivity index (χ0v) is 15.1. The third-order valence-corrected chi connectivity index (χ3v) is 7.75. The SMILES string of the molecule is c1ccc2c3nnc(c2c1)SCCSCCCSCCS3. The van der Waals surface area contributed by atoms with Gasteiger partial charge < -0.3 is 0 Å². The van der Waals surface area contributed by atoms with E-state index in [0.717, 1.165) is 21.6 Å². The van der Waals surface area contributed by atoms with Crippen LogP contribution in [0, 0.1) is 0 Å². The van der Waals surface area contributed by atoms with Crippen molar-refractivity contribution in [1.29, 1.82) is 0 Å². The van der Waals surface area contributed by atoms with Crippen molar-refractivity contribution in [2.45, 2.75) is 16.5 Å². The minimum Gasteiger partial charge on any atom is -0.161 e. The van der Waals surface area contributed by atoms with Crippen molar-refractivity contribution in [3.8, 4) is 0 Å². The summed E-state index contributed by atoms with van der Waals surface area (Å²) in [4.78, 5) is 0. The van der Waals surface area contributed by atoms with Crippen LogP contribution in [-0.4, -0.2) is 44.7 Å². The van der Waals surface area contributed by atoms with Crippen LogP contribution in [-0.2, 0) is 0 Å². The molecule has 1 aliphatic rings. The largest absolute Gasteiger partial charge is 0.161 e. The van der Waals surface area contributed by atoms with E-state index in [0.29, 0.717) is 0 Å². The lowest BCUT2D eigenvalue weighted by Crippen LogP contribution is -1.95. The van der Waals surface area contributed by atoms with E-state index in [4.69, 9.17) is 0 Å². The summed E-state index contributed by atoms with van der Waals surface area (Å²) in [5, 5.41) is 13.6. The maximum absolute atomic E-state index is 4.47. The Bertz CT molecular complexity index is 540. The van der Waals surface area contributed by atoms with Gasteiger partial charge >= 0.3 is 0 Å². The summed E-state index contributed by atoms with van der Waals surface area (Å²) in [5.74, 6) is 7.19. The van der Waals surface area contributed by atoms with E-state index in [9.17, 15) is 0 Å². The molecule has 0 spiro atoms. The van der Waals surface area contributed by atoms with E-state index in [-0.39, 0.29) is 0 Å². The van der Waals surface area contributed by atoms with E-state index >= 15 is 0 Å². The molecule has 0 amide bonds. The average Bonchev–Trinajstić information content (AvgIpc) is 2.54. The quantitative estimate of drug-likeness (QED) is 0.681. The highest BCUT2D eigenvalue weighted by molar-refractivity contribution is 8.03. The van der Waals surface area contributed by atoms with Gasteiger partial charge in [-0.25, -0.2) is 0 Å².